The van der Waals surface area contributed by atoms with Crippen LogP contribution < -0.4 is 4.84 Å². The maximum Gasteiger partial charge on any atom is 0.412 e. The van der Waals surface area contributed by atoms with Crippen molar-refractivity contribution >= 4 is 5.97 Å². The van der Waals surface area contributed by atoms with Gasteiger partial charge < -0.3 is 19.9 Å². The molecule has 1 rings (SSSR count). The van der Waals surface area contributed by atoms with Crippen LogP contribution in [0.25, 0.3) is 4.85 Å². The predicted molar refractivity (Wildman–Crippen MR) is 40.8 cm³/mol. The highest BCUT2D eigenvalue weighted by atomic mass is 16.7. The minimum atomic E-state index is -0.850. The van der Waals surface area contributed by atoms with Crippen LogP contribution in [0, 0.1) is 6.57 Å². The Labute approximate surface area is 73.4 Å². The Balaban J connectivity index is 2.75. The summed E-state index contributed by atoms with van der Waals surface area (Å²) < 4.78 is 0.535. The predicted octanol–water partition coefficient (Wildman–Crippen LogP) is -0.226. The van der Waals surface area contributed by atoms with Gasteiger partial charge in [-0.25, -0.2) is 11.4 Å². The lowest BCUT2D eigenvalue weighted by molar-refractivity contribution is -0.142. The SMILES string of the molecule is [C-]#[N+]CC(=O)On1c(O)ccc1O. The first-order chi connectivity index (χ1) is 6.15. The van der Waals surface area contributed by atoms with Crippen molar-refractivity contribution in [1.29, 1.82) is 0 Å². The summed E-state index contributed by atoms with van der Waals surface area (Å²) in [6.45, 7) is 5.90. The van der Waals surface area contributed by atoms with Crippen LogP contribution in [-0.2, 0) is 4.79 Å². The van der Waals surface area contributed by atoms with E-state index >= 15 is 0 Å². The van der Waals surface area contributed by atoms with Gasteiger partial charge in [0, 0.05) is 12.1 Å². The van der Waals surface area contributed by atoms with Crippen LogP contribution in [0.2, 0.25) is 0 Å². The van der Waals surface area contributed by atoms with Gasteiger partial charge in [-0.15, -0.1) is 4.73 Å². The third-order valence-corrected chi connectivity index (χ3v) is 1.20. The Morgan fingerprint density at radius 1 is 1.54 bits per heavy atom. The summed E-state index contributed by atoms with van der Waals surface area (Å²) in [7, 11) is 0. The second-order valence-electron chi connectivity index (χ2n) is 2.12. The Morgan fingerprint density at radius 3 is 2.54 bits per heavy atom. The van der Waals surface area contributed by atoms with Crippen molar-refractivity contribution in [2.24, 2.45) is 0 Å². The van der Waals surface area contributed by atoms with Crippen LogP contribution in [0.3, 0.4) is 0 Å². The molecule has 0 fully saturated rings. The standard InChI is InChI=1S/C7H6N2O4/c1-8-4-7(12)13-9-5(10)2-3-6(9)11/h2-3,10-11H,4H2. The third kappa shape index (κ3) is 1.90. The third-order valence-electron chi connectivity index (χ3n) is 1.20. The van der Waals surface area contributed by atoms with Crippen LogP contribution in [0.5, 0.6) is 11.8 Å². The number of hydrogen-bond donors (Lipinski definition) is 2. The molecule has 2 N–H and O–H groups in total. The van der Waals surface area contributed by atoms with Gasteiger partial charge in [0.1, 0.15) is 0 Å². The van der Waals surface area contributed by atoms with E-state index in [-0.39, 0.29) is 0 Å². The fourth-order valence-electron chi connectivity index (χ4n) is 0.691. The van der Waals surface area contributed by atoms with Gasteiger partial charge in [0.15, 0.2) is 0 Å². The largest absolute Gasteiger partial charge is 0.492 e. The zero-order valence-corrected chi connectivity index (χ0v) is 6.47. The minimum absolute atomic E-state index is 0.407. The van der Waals surface area contributed by atoms with Crippen molar-refractivity contribution in [1.82, 2.24) is 4.73 Å². The summed E-state index contributed by atoms with van der Waals surface area (Å²) in [5.74, 6) is -1.66. The van der Waals surface area contributed by atoms with E-state index in [1.165, 1.54) is 0 Å². The van der Waals surface area contributed by atoms with Gasteiger partial charge in [0.25, 0.3) is 0 Å². The summed E-state index contributed by atoms with van der Waals surface area (Å²) >= 11 is 0. The van der Waals surface area contributed by atoms with Crippen molar-refractivity contribution in [2.45, 2.75) is 0 Å². The van der Waals surface area contributed by atoms with Gasteiger partial charge in [-0.05, 0) is 0 Å². The fourth-order valence-corrected chi connectivity index (χ4v) is 0.691. The minimum Gasteiger partial charge on any atom is -0.492 e. The number of rotatable bonds is 2. The van der Waals surface area contributed by atoms with Gasteiger partial charge in [-0.2, -0.15) is 0 Å². The number of aromatic nitrogens is 1. The molecule has 0 aliphatic rings. The first-order valence-electron chi connectivity index (χ1n) is 3.29. The molecule has 0 unspecified atom stereocenters. The van der Waals surface area contributed by atoms with Gasteiger partial charge in [-0.3, -0.25) is 0 Å². The van der Waals surface area contributed by atoms with E-state index in [2.05, 4.69) is 9.68 Å². The Morgan fingerprint density at radius 2 is 2.08 bits per heavy atom. The first kappa shape index (κ1) is 8.93. The molecule has 0 radical (unpaired) electrons. The highest BCUT2D eigenvalue weighted by molar-refractivity contribution is 5.73. The van der Waals surface area contributed by atoms with Crippen LogP contribution in [0.15, 0.2) is 12.1 Å². The Bertz CT molecular complexity index is 344. The average molecular weight is 182 g/mol. The molecule has 1 heterocycles. The normalized spacial score (nSPS) is 9.15. The zero-order chi connectivity index (χ0) is 9.84. The van der Waals surface area contributed by atoms with Crippen molar-refractivity contribution in [3.8, 4) is 11.8 Å². The molecule has 68 valence electrons. The van der Waals surface area contributed by atoms with Crippen molar-refractivity contribution in [3.63, 3.8) is 0 Å². The summed E-state index contributed by atoms with van der Waals surface area (Å²) in [5, 5.41) is 18.0. The smallest absolute Gasteiger partial charge is 0.412 e. The summed E-state index contributed by atoms with van der Waals surface area (Å²) in [5.41, 5.74) is 0. The van der Waals surface area contributed by atoms with Gasteiger partial charge in [0.2, 0.25) is 11.8 Å². The number of aromatic hydroxyl groups is 2. The molecule has 0 saturated heterocycles. The monoisotopic (exact) mass is 182 g/mol. The van der Waals surface area contributed by atoms with Crippen molar-refractivity contribution < 1.29 is 19.8 Å². The molecule has 0 bridgehead atoms. The molecule has 13 heavy (non-hydrogen) atoms. The highest BCUT2D eigenvalue weighted by Crippen LogP contribution is 2.18. The molecule has 0 saturated carbocycles. The molecule has 0 aromatic carbocycles. The molecule has 0 spiro atoms. The Kier molecular flexibility index (Phi) is 2.40. The van der Waals surface area contributed by atoms with Gasteiger partial charge in [-0.1, -0.05) is 0 Å². The van der Waals surface area contributed by atoms with Crippen LogP contribution >= 0.6 is 0 Å². The quantitative estimate of drug-likeness (QED) is 0.619. The lowest BCUT2D eigenvalue weighted by Crippen LogP contribution is -2.20. The van der Waals surface area contributed by atoms with Crippen molar-refractivity contribution in [3.05, 3.63) is 23.5 Å². The number of hydrogen-bond acceptors (Lipinski definition) is 4. The highest BCUT2D eigenvalue weighted by Gasteiger charge is 2.13. The number of carbonyl (C=O) groups is 1. The van der Waals surface area contributed by atoms with Crippen LogP contribution in [-0.4, -0.2) is 27.5 Å². The molecule has 0 atom stereocenters. The molecule has 6 heteroatoms. The van der Waals surface area contributed by atoms with E-state index in [4.69, 9.17) is 16.8 Å². The van der Waals surface area contributed by atoms with Gasteiger partial charge >= 0.3 is 12.5 Å². The van der Waals surface area contributed by atoms with Crippen molar-refractivity contribution in [2.75, 3.05) is 6.54 Å². The fraction of sp³-hybridized carbons (Fsp3) is 0.143. The Hall–Kier alpha value is -2.16. The molecule has 6 nitrogen and oxygen atoms in total. The number of nitrogens with zero attached hydrogens (tertiary/aromatic N) is 2. The molecular weight excluding hydrogens is 176 g/mol. The molecule has 0 aliphatic carbocycles. The van der Waals surface area contributed by atoms with E-state index < -0.39 is 24.3 Å². The summed E-state index contributed by atoms with van der Waals surface area (Å²) in [6.07, 6.45) is 0. The molecule has 1 aromatic rings. The van der Waals surface area contributed by atoms with E-state index in [1.54, 1.807) is 0 Å². The lowest BCUT2D eigenvalue weighted by Gasteiger charge is -2.02. The van der Waals surface area contributed by atoms with E-state index in [0.717, 1.165) is 12.1 Å². The summed E-state index contributed by atoms with van der Waals surface area (Å²) in [4.78, 5) is 17.9. The molecule has 0 aliphatic heterocycles. The topological polar surface area (TPSA) is 76.1 Å². The van der Waals surface area contributed by atoms with E-state index in [0.29, 0.717) is 4.73 Å². The van der Waals surface area contributed by atoms with Crippen LogP contribution in [0.1, 0.15) is 0 Å². The van der Waals surface area contributed by atoms with E-state index in [9.17, 15) is 4.79 Å². The maximum absolute atomic E-state index is 10.7. The average Bonchev–Trinajstić information content (AvgIpc) is 2.36. The lowest BCUT2D eigenvalue weighted by atomic mass is 10.6. The zero-order valence-electron chi connectivity index (χ0n) is 6.47. The molecular formula is C7H6N2O4. The molecule has 0 amide bonds. The second kappa shape index (κ2) is 3.49. The summed E-state index contributed by atoms with van der Waals surface area (Å²) in [6, 6.07) is 2.31. The van der Waals surface area contributed by atoms with Crippen LogP contribution in [0.4, 0.5) is 0 Å². The number of carbonyl (C=O) groups excluding carboxylic acids is 1. The van der Waals surface area contributed by atoms with Gasteiger partial charge in [0.05, 0.1) is 0 Å². The molecule has 1 aromatic heterocycles. The first-order valence-corrected chi connectivity index (χ1v) is 3.29. The second-order valence-corrected chi connectivity index (χ2v) is 2.12. The maximum atomic E-state index is 10.7. The van der Waals surface area contributed by atoms with E-state index in [1.807, 2.05) is 0 Å².